The second-order valence-electron chi connectivity index (χ2n) is 6.38. The quantitative estimate of drug-likeness (QED) is 0.295. The first-order chi connectivity index (χ1) is 9.85. The third-order valence-corrected chi connectivity index (χ3v) is 4.23. The molecule has 1 nitrogen and oxygen atoms in total. The zero-order chi connectivity index (χ0) is 14.9. The smallest absolute Gasteiger partial charge is 0.00187 e. The van der Waals surface area contributed by atoms with E-state index < -0.39 is 0 Å². The highest BCUT2D eigenvalue weighted by atomic mass is 15.1. The average Bonchev–Trinajstić information content (AvgIpc) is 2.46. The molecule has 0 aromatic heterocycles. The Morgan fingerprint density at radius 2 is 0.700 bits per heavy atom. The molecule has 0 atom stereocenters. The van der Waals surface area contributed by atoms with Crippen molar-refractivity contribution in [2.24, 2.45) is 0 Å². The van der Waals surface area contributed by atoms with Gasteiger partial charge in [0.05, 0.1) is 0 Å². The normalized spacial score (nSPS) is 11.4. The third-order valence-electron chi connectivity index (χ3n) is 4.23. The molecule has 0 rings (SSSR count). The fourth-order valence-corrected chi connectivity index (χ4v) is 2.80. The molecular formula is C19H41N. The van der Waals surface area contributed by atoms with Crippen LogP contribution in [0.5, 0.6) is 0 Å². The van der Waals surface area contributed by atoms with E-state index in [4.69, 9.17) is 0 Å². The van der Waals surface area contributed by atoms with Crippen LogP contribution < -0.4 is 0 Å². The topological polar surface area (TPSA) is 3.24 Å². The first kappa shape index (κ1) is 20.0. The van der Waals surface area contributed by atoms with Crippen molar-refractivity contribution < 1.29 is 0 Å². The molecule has 0 bridgehead atoms. The second-order valence-corrected chi connectivity index (χ2v) is 6.38. The van der Waals surface area contributed by atoms with Crippen molar-refractivity contribution in [2.75, 3.05) is 19.6 Å². The third kappa shape index (κ3) is 14.4. The van der Waals surface area contributed by atoms with Gasteiger partial charge in [-0.1, -0.05) is 85.0 Å². The van der Waals surface area contributed by atoms with E-state index in [0.717, 1.165) is 0 Å². The number of nitrogens with zero attached hydrogens (tertiary/aromatic N) is 1. The van der Waals surface area contributed by atoms with E-state index in [0.29, 0.717) is 0 Å². The molecule has 0 aliphatic rings. The zero-order valence-electron chi connectivity index (χ0n) is 14.8. The molecule has 1 heteroatoms. The monoisotopic (exact) mass is 283 g/mol. The molecular weight excluding hydrogens is 242 g/mol. The Kier molecular flexibility index (Phi) is 17.0. The Labute approximate surface area is 129 Å². The first-order valence-electron chi connectivity index (χ1n) is 9.57. The van der Waals surface area contributed by atoms with E-state index in [1.54, 1.807) is 0 Å². The van der Waals surface area contributed by atoms with Crippen molar-refractivity contribution in [1.82, 2.24) is 4.90 Å². The molecule has 122 valence electrons. The predicted octanol–water partition coefficient (Wildman–Crippen LogP) is 6.42. The lowest BCUT2D eigenvalue weighted by atomic mass is 10.1. The maximum absolute atomic E-state index is 2.74. The second kappa shape index (κ2) is 17.0. The molecule has 0 N–H and O–H groups in total. The van der Waals surface area contributed by atoms with E-state index in [9.17, 15) is 0 Å². The summed E-state index contributed by atoms with van der Waals surface area (Å²) in [5, 5.41) is 0. The first-order valence-corrected chi connectivity index (χ1v) is 9.57. The van der Waals surface area contributed by atoms with Gasteiger partial charge in [-0.05, 0) is 38.9 Å². The number of hydrogen-bond donors (Lipinski definition) is 0. The summed E-state index contributed by atoms with van der Waals surface area (Å²) in [6.07, 6.45) is 18.3. The SMILES string of the molecule is CCCCCCCCN(CCCCC)CCCCCC. The van der Waals surface area contributed by atoms with E-state index in [1.807, 2.05) is 0 Å². The van der Waals surface area contributed by atoms with Crippen LogP contribution in [-0.2, 0) is 0 Å². The highest BCUT2D eigenvalue weighted by molar-refractivity contribution is 4.59. The lowest BCUT2D eigenvalue weighted by Gasteiger charge is -2.22. The van der Waals surface area contributed by atoms with Crippen LogP contribution >= 0.6 is 0 Å². The van der Waals surface area contributed by atoms with Crippen LogP contribution in [0.15, 0.2) is 0 Å². The van der Waals surface area contributed by atoms with Gasteiger partial charge in [-0.2, -0.15) is 0 Å². The summed E-state index contributed by atoms with van der Waals surface area (Å²) in [6, 6.07) is 0. The van der Waals surface area contributed by atoms with Gasteiger partial charge >= 0.3 is 0 Å². The molecule has 0 aliphatic carbocycles. The van der Waals surface area contributed by atoms with Crippen LogP contribution in [-0.4, -0.2) is 24.5 Å². The van der Waals surface area contributed by atoms with Crippen molar-refractivity contribution in [3.63, 3.8) is 0 Å². The molecule has 0 unspecified atom stereocenters. The van der Waals surface area contributed by atoms with E-state index >= 15 is 0 Å². The molecule has 0 amide bonds. The van der Waals surface area contributed by atoms with Gasteiger partial charge in [-0.15, -0.1) is 0 Å². The van der Waals surface area contributed by atoms with Crippen molar-refractivity contribution in [3.05, 3.63) is 0 Å². The summed E-state index contributed by atoms with van der Waals surface area (Å²) in [5.41, 5.74) is 0. The fraction of sp³-hybridized carbons (Fsp3) is 1.00. The minimum absolute atomic E-state index is 1.34. The van der Waals surface area contributed by atoms with Gasteiger partial charge in [0.25, 0.3) is 0 Å². The summed E-state index contributed by atoms with van der Waals surface area (Å²) in [5.74, 6) is 0. The molecule has 0 heterocycles. The Morgan fingerprint density at radius 3 is 1.20 bits per heavy atom. The van der Waals surface area contributed by atoms with E-state index in [2.05, 4.69) is 25.7 Å². The van der Waals surface area contributed by atoms with Crippen LogP contribution in [0.3, 0.4) is 0 Å². The Hall–Kier alpha value is -0.0400. The van der Waals surface area contributed by atoms with Gasteiger partial charge in [0.15, 0.2) is 0 Å². The minimum atomic E-state index is 1.34. The highest BCUT2D eigenvalue weighted by Crippen LogP contribution is 2.09. The average molecular weight is 284 g/mol. The van der Waals surface area contributed by atoms with Crippen LogP contribution in [0, 0.1) is 0 Å². The van der Waals surface area contributed by atoms with Gasteiger partial charge in [0.1, 0.15) is 0 Å². The zero-order valence-corrected chi connectivity index (χ0v) is 14.8. The Balaban J connectivity index is 3.62. The van der Waals surface area contributed by atoms with Crippen LogP contribution in [0.4, 0.5) is 0 Å². The Bertz CT molecular complexity index is 167. The van der Waals surface area contributed by atoms with Crippen LogP contribution in [0.2, 0.25) is 0 Å². The van der Waals surface area contributed by atoms with Crippen LogP contribution in [0.1, 0.15) is 104 Å². The van der Waals surface area contributed by atoms with Crippen molar-refractivity contribution in [3.8, 4) is 0 Å². The highest BCUT2D eigenvalue weighted by Gasteiger charge is 2.04. The predicted molar refractivity (Wildman–Crippen MR) is 93.5 cm³/mol. The molecule has 0 radical (unpaired) electrons. The van der Waals surface area contributed by atoms with Gasteiger partial charge in [-0.3, -0.25) is 0 Å². The summed E-state index contributed by atoms with van der Waals surface area (Å²) >= 11 is 0. The van der Waals surface area contributed by atoms with Crippen molar-refractivity contribution >= 4 is 0 Å². The molecule has 0 saturated heterocycles. The van der Waals surface area contributed by atoms with E-state index in [1.165, 1.54) is 103 Å². The fourth-order valence-electron chi connectivity index (χ4n) is 2.80. The maximum atomic E-state index is 2.74. The van der Waals surface area contributed by atoms with Gasteiger partial charge in [-0.25, -0.2) is 0 Å². The molecule has 0 spiro atoms. The molecule has 20 heavy (non-hydrogen) atoms. The maximum Gasteiger partial charge on any atom is -0.00187 e. The Morgan fingerprint density at radius 1 is 0.400 bits per heavy atom. The molecule has 0 aromatic carbocycles. The molecule has 0 saturated carbocycles. The lowest BCUT2D eigenvalue weighted by Crippen LogP contribution is -2.27. The molecule has 0 aromatic rings. The summed E-state index contributed by atoms with van der Waals surface area (Å²) in [4.78, 5) is 2.74. The van der Waals surface area contributed by atoms with Crippen molar-refractivity contribution in [1.29, 1.82) is 0 Å². The van der Waals surface area contributed by atoms with E-state index in [-0.39, 0.29) is 0 Å². The lowest BCUT2D eigenvalue weighted by molar-refractivity contribution is 0.255. The number of rotatable bonds is 16. The van der Waals surface area contributed by atoms with Gasteiger partial charge in [0, 0.05) is 0 Å². The largest absolute Gasteiger partial charge is 0.303 e. The van der Waals surface area contributed by atoms with Crippen molar-refractivity contribution in [2.45, 2.75) is 104 Å². The van der Waals surface area contributed by atoms with Crippen LogP contribution in [0.25, 0.3) is 0 Å². The van der Waals surface area contributed by atoms with Gasteiger partial charge in [0.2, 0.25) is 0 Å². The number of unbranched alkanes of at least 4 members (excludes halogenated alkanes) is 10. The molecule has 0 fully saturated rings. The number of hydrogen-bond acceptors (Lipinski definition) is 1. The molecule has 0 aliphatic heterocycles. The summed E-state index contributed by atoms with van der Waals surface area (Å²) < 4.78 is 0. The summed E-state index contributed by atoms with van der Waals surface area (Å²) in [7, 11) is 0. The minimum Gasteiger partial charge on any atom is -0.303 e. The summed E-state index contributed by atoms with van der Waals surface area (Å²) in [6.45, 7) is 10.9. The van der Waals surface area contributed by atoms with Gasteiger partial charge < -0.3 is 4.90 Å². The standard InChI is InChI=1S/C19H41N/c1-4-7-10-12-13-16-19-20(17-14-9-6-3)18-15-11-8-5-2/h4-19H2,1-3H3.